The van der Waals surface area contributed by atoms with E-state index >= 15 is 0 Å². The molecule has 5 rings (SSSR count). The number of benzene rings is 1. The molecule has 1 aromatic heterocycles. The minimum Gasteiger partial charge on any atom is -0.376 e. The lowest BCUT2D eigenvalue weighted by atomic mass is 9.82. The van der Waals surface area contributed by atoms with Gasteiger partial charge in [0.25, 0.3) is 0 Å². The fourth-order valence-corrected chi connectivity index (χ4v) is 5.72. The Balaban J connectivity index is 1.40. The lowest BCUT2D eigenvalue weighted by Crippen LogP contribution is -2.55. The van der Waals surface area contributed by atoms with Crippen molar-refractivity contribution in [3.05, 3.63) is 52.5 Å². The van der Waals surface area contributed by atoms with Crippen molar-refractivity contribution in [1.82, 2.24) is 9.88 Å². The Kier molecular flexibility index (Phi) is 6.87. The van der Waals surface area contributed by atoms with Crippen molar-refractivity contribution in [2.75, 3.05) is 36.5 Å². The third-order valence-electron chi connectivity index (χ3n) is 7.58. The lowest BCUT2D eigenvalue weighted by molar-refractivity contribution is 0.109. The molecule has 35 heavy (non-hydrogen) atoms. The molecule has 2 aromatic rings. The summed E-state index contributed by atoms with van der Waals surface area (Å²) >= 11 is 0. The first kappa shape index (κ1) is 23.6. The molecule has 2 fully saturated rings. The molecule has 1 aliphatic carbocycles. The maximum atomic E-state index is 14.0. The first-order valence-electron chi connectivity index (χ1n) is 12.7. The van der Waals surface area contributed by atoms with Crippen LogP contribution in [-0.4, -0.2) is 48.2 Å². The molecule has 1 saturated heterocycles. The Morgan fingerprint density at radius 2 is 2.00 bits per heavy atom. The Morgan fingerprint density at radius 1 is 1.20 bits per heavy atom. The van der Waals surface area contributed by atoms with Crippen LogP contribution in [0.3, 0.4) is 0 Å². The zero-order valence-electron chi connectivity index (χ0n) is 20.2. The summed E-state index contributed by atoms with van der Waals surface area (Å²) < 4.78 is 19.8. The van der Waals surface area contributed by atoms with Gasteiger partial charge in [0.2, 0.25) is 0 Å². The van der Waals surface area contributed by atoms with Gasteiger partial charge in [-0.25, -0.2) is 14.2 Å². The van der Waals surface area contributed by atoms with Crippen LogP contribution in [0.2, 0.25) is 0 Å². The largest absolute Gasteiger partial charge is 0.376 e. The van der Waals surface area contributed by atoms with Crippen molar-refractivity contribution in [3.63, 3.8) is 0 Å². The Hall–Kier alpha value is -3.18. The summed E-state index contributed by atoms with van der Waals surface area (Å²) in [6, 6.07) is 8.18. The highest BCUT2D eigenvalue weighted by Crippen LogP contribution is 2.39. The lowest BCUT2D eigenvalue weighted by Gasteiger charge is -2.41. The fourth-order valence-electron chi connectivity index (χ4n) is 5.72. The van der Waals surface area contributed by atoms with E-state index in [0.29, 0.717) is 44.3 Å². The molecule has 1 aromatic carbocycles. The van der Waals surface area contributed by atoms with Crippen LogP contribution in [0.25, 0.3) is 0 Å². The van der Waals surface area contributed by atoms with Gasteiger partial charge in [0.15, 0.2) is 0 Å². The van der Waals surface area contributed by atoms with Crippen molar-refractivity contribution in [2.45, 2.75) is 64.0 Å². The molecule has 0 spiro atoms. The normalized spacial score (nSPS) is 20.8. The van der Waals surface area contributed by atoms with Gasteiger partial charge in [0.1, 0.15) is 17.7 Å². The van der Waals surface area contributed by atoms with Crippen LogP contribution in [0.15, 0.2) is 24.3 Å². The Morgan fingerprint density at radius 3 is 2.74 bits per heavy atom. The van der Waals surface area contributed by atoms with Gasteiger partial charge in [-0.05, 0) is 43.9 Å². The standard InChI is InChI=1S/C27H32FN5O2/c1-18-16-32(12-13-33(18)27(34)30-24-10-6-5-9-23(24)28)26-21(15-29)20-11-14-35-17-22(20)25(31-26)19-7-3-2-4-8-19/h5-6,9-10,18-19H,2-4,7-8,11-14,16-17H2,1H3,(H,30,34). The number of anilines is 2. The van der Waals surface area contributed by atoms with Gasteiger partial charge in [-0.1, -0.05) is 31.4 Å². The number of fused-ring (bicyclic) bond motifs is 1. The van der Waals surface area contributed by atoms with Crippen LogP contribution >= 0.6 is 0 Å². The van der Waals surface area contributed by atoms with E-state index in [0.717, 1.165) is 41.9 Å². The molecule has 3 aliphatic rings. The molecule has 2 amide bonds. The Labute approximate surface area is 205 Å². The van der Waals surface area contributed by atoms with Gasteiger partial charge >= 0.3 is 6.03 Å². The number of rotatable bonds is 3. The van der Waals surface area contributed by atoms with E-state index < -0.39 is 5.82 Å². The van der Waals surface area contributed by atoms with E-state index in [4.69, 9.17) is 9.72 Å². The number of halogens is 1. The zero-order valence-corrected chi connectivity index (χ0v) is 20.2. The van der Waals surface area contributed by atoms with E-state index in [-0.39, 0.29) is 17.8 Å². The number of carbonyl (C=O) groups is 1. The number of pyridine rings is 1. The number of amides is 2. The van der Waals surface area contributed by atoms with Gasteiger partial charge in [-0.2, -0.15) is 5.26 Å². The van der Waals surface area contributed by atoms with Gasteiger partial charge in [0.05, 0.1) is 30.2 Å². The highest BCUT2D eigenvalue weighted by Gasteiger charge is 2.33. The summed E-state index contributed by atoms with van der Waals surface area (Å²) in [4.78, 5) is 21.9. The first-order chi connectivity index (χ1) is 17.1. The number of nitriles is 1. The monoisotopic (exact) mass is 477 g/mol. The number of para-hydroxylation sites is 1. The molecule has 0 radical (unpaired) electrons. The van der Waals surface area contributed by atoms with Gasteiger partial charge in [-0.15, -0.1) is 0 Å². The molecule has 1 unspecified atom stereocenters. The molecule has 3 heterocycles. The molecular formula is C27H32FN5O2. The van der Waals surface area contributed by atoms with Crippen LogP contribution < -0.4 is 10.2 Å². The molecule has 7 nitrogen and oxygen atoms in total. The molecular weight excluding hydrogens is 445 g/mol. The maximum absolute atomic E-state index is 14.0. The van der Waals surface area contributed by atoms with Crippen LogP contribution in [0.4, 0.5) is 20.7 Å². The number of nitrogens with one attached hydrogen (secondary N) is 1. The van der Waals surface area contributed by atoms with Crippen molar-refractivity contribution < 1.29 is 13.9 Å². The van der Waals surface area contributed by atoms with Crippen LogP contribution in [0, 0.1) is 17.1 Å². The van der Waals surface area contributed by atoms with Crippen LogP contribution in [0.1, 0.15) is 67.3 Å². The summed E-state index contributed by atoms with van der Waals surface area (Å²) in [6.45, 7) is 4.72. The molecule has 184 valence electrons. The molecule has 0 bridgehead atoms. The van der Waals surface area contributed by atoms with Gasteiger partial charge in [-0.3, -0.25) is 0 Å². The van der Waals surface area contributed by atoms with Crippen molar-refractivity contribution in [3.8, 4) is 6.07 Å². The average molecular weight is 478 g/mol. The average Bonchev–Trinajstić information content (AvgIpc) is 2.89. The predicted molar refractivity (Wildman–Crippen MR) is 132 cm³/mol. The number of ether oxygens (including phenoxy) is 1. The highest BCUT2D eigenvalue weighted by molar-refractivity contribution is 5.89. The first-order valence-corrected chi connectivity index (χ1v) is 12.7. The van der Waals surface area contributed by atoms with Crippen LogP contribution in [0.5, 0.6) is 0 Å². The molecule has 8 heteroatoms. The number of nitrogens with zero attached hydrogens (tertiary/aromatic N) is 4. The van der Waals surface area contributed by atoms with Crippen molar-refractivity contribution in [2.24, 2.45) is 0 Å². The second-order valence-corrected chi connectivity index (χ2v) is 9.80. The number of piperazine rings is 1. The number of urea groups is 1. The summed E-state index contributed by atoms with van der Waals surface area (Å²) in [5.74, 6) is 0.703. The molecule has 1 N–H and O–H groups in total. The number of aromatic nitrogens is 1. The quantitative estimate of drug-likeness (QED) is 0.676. The van der Waals surface area contributed by atoms with E-state index in [1.807, 2.05) is 6.92 Å². The van der Waals surface area contributed by atoms with Gasteiger partial charge < -0.3 is 19.9 Å². The summed E-state index contributed by atoms with van der Waals surface area (Å²) in [5.41, 5.74) is 4.16. The number of hydrogen-bond acceptors (Lipinski definition) is 5. The molecule has 1 saturated carbocycles. The SMILES string of the molecule is CC1CN(c2nc(C3CCCCC3)c3c(c2C#N)CCOC3)CCN1C(=O)Nc1ccccc1F. The molecule has 1 atom stereocenters. The maximum Gasteiger partial charge on any atom is 0.322 e. The van der Waals surface area contributed by atoms with Crippen LogP contribution in [-0.2, 0) is 17.8 Å². The smallest absolute Gasteiger partial charge is 0.322 e. The zero-order chi connectivity index (χ0) is 24.4. The third kappa shape index (κ3) is 4.70. The van der Waals surface area contributed by atoms with E-state index in [9.17, 15) is 14.4 Å². The summed E-state index contributed by atoms with van der Waals surface area (Å²) in [7, 11) is 0. The Bertz CT molecular complexity index is 1140. The second kappa shape index (κ2) is 10.2. The third-order valence-corrected chi connectivity index (χ3v) is 7.58. The number of carbonyl (C=O) groups excluding carboxylic acids is 1. The summed E-state index contributed by atoms with van der Waals surface area (Å²) in [6.07, 6.45) is 6.69. The molecule has 2 aliphatic heterocycles. The topological polar surface area (TPSA) is 81.5 Å². The van der Waals surface area contributed by atoms with E-state index in [1.54, 1.807) is 23.1 Å². The van der Waals surface area contributed by atoms with E-state index in [2.05, 4.69) is 16.3 Å². The van der Waals surface area contributed by atoms with Crippen molar-refractivity contribution in [1.29, 1.82) is 5.26 Å². The minimum atomic E-state index is -0.455. The number of hydrogen-bond donors (Lipinski definition) is 1. The van der Waals surface area contributed by atoms with E-state index in [1.165, 1.54) is 25.3 Å². The minimum absolute atomic E-state index is 0.124. The van der Waals surface area contributed by atoms with Gasteiger partial charge in [0, 0.05) is 37.2 Å². The second-order valence-electron chi connectivity index (χ2n) is 9.80. The predicted octanol–water partition coefficient (Wildman–Crippen LogP) is 4.96. The summed E-state index contributed by atoms with van der Waals surface area (Å²) in [5, 5.41) is 12.8. The van der Waals surface area contributed by atoms with Crippen molar-refractivity contribution >= 4 is 17.5 Å². The fraction of sp³-hybridized carbons (Fsp3) is 0.519. The highest BCUT2D eigenvalue weighted by atomic mass is 19.1.